The van der Waals surface area contributed by atoms with Crippen LogP contribution in [0.3, 0.4) is 0 Å². The van der Waals surface area contributed by atoms with Crippen LogP contribution < -0.4 is 5.32 Å². The van der Waals surface area contributed by atoms with Gasteiger partial charge < -0.3 is 5.32 Å². The van der Waals surface area contributed by atoms with Crippen LogP contribution in [-0.2, 0) is 11.3 Å². The summed E-state index contributed by atoms with van der Waals surface area (Å²) in [6, 6.07) is 11.3. The van der Waals surface area contributed by atoms with Crippen molar-refractivity contribution in [2.45, 2.75) is 26.3 Å². The molecule has 1 N–H and O–H groups in total. The highest BCUT2D eigenvalue weighted by molar-refractivity contribution is 6.30. The third kappa shape index (κ3) is 4.30. The van der Waals surface area contributed by atoms with Gasteiger partial charge in [0.1, 0.15) is 0 Å². The Morgan fingerprint density at radius 2 is 1.95 bits per heavy atom. The fourth-order valence-corrected chi connectivity index (χ4v) is 2.44. The molecule has 0 aliphatic heterocycles. The molecule has 1 amide bonds. The number of nitrogens with zero attached hydrogens (tertiary/aromatic N) is 1. The Labute approximate surface area is 130 Å². The summed E-state index contributed by atoms with van der Waals surface area (Å²) in [5.41, 5.74) is 1.97. The number of nitrogens with one attached hydrogen (secondary N) is 1. The molecule has 3 nitrogen and oxygen atoms in total. The maximum atomic E-state index is 12.5. The van der Waals surface area contributed by atoms with Gasteiger partial charge in [-0.15, -0.1) is 0 Å². The number of carbonyl (C=O) groups is 1. The topological polar surface area (TPSA) is 42.0 Å². The van der Waals surface area contributed by atoms with Crippen LogP contribution in [0.2, 0.25) is 5.02 Å². The maximum Gasteiger partial charge on any atom is 0.228 e. The van der Waals surface area contributed by atoms with Crippen molar-refractivity contribution in [1.29, 1.82) is 0 Å². The number of aromatic nitrogens is 1. The lowest BCUT2D eigenvalue weighted by Crippen LogP contribution is -2.31. The van der Waals surface area contributed by atoms with Crippen molar-refractivity contribution in [3.8, 4) is 0 Å². The minimum absolute atomic E-state index is 0.0242. The number of hydrogen-bond donors (Lipinski definition) is 1. The second-order valence-electron chi connectivity index (χ2n) is 5.35. The van der Waals surface area contributed by atoms with Crippen LogP contribution in [0.5, 0.6) is 0 Å². The van der Waals surface area contributed by atoms with Crippen LogP contribution in [0.4, 0.5) is 0 Å². The molecular formula is C17H19ClN2O. The van der Waals surface area contributed by atoms with Gasteiger partial charge in [-0.25, -0.2) is 0 Å². The van der Waals surface area contributed by atoms with Gasteiger partial charge in [0, 0.05) is 24.0 Å². The summed E-state index contributed by atoms with van der Waals surface area (Å²) >= 11 is 5.91. The molecule has 0 saturated heterocycles. The average molecular weight is 303 g/mol. The molecule has 2 rings (SSSR count). The Kier molecular flexibility index (Phi) is 5.34. The van der Waals surface area contributed by atoms with E-state index in [4.69, 9.17) is 11.6 Å². The van der Waals surface area contributed by atoms with Crippen molar-refractivity contribution in [2.75, 3.05) is 0 Å². The molecule has 2 aromatic rings. The van der Waals surface area contributed by atoms with Crippen molar-refractivity contribution >= 4 is 17.5 Å². The summed E-state index contributed by atoms with van der Waals surface area (Å²) in [5.74, 6) is 0.0511. The summed E-state index contributed by atoms with van der Waals surface area (Å²) in [5, 5.41) is 3.66. The lowest BCUT2D eigenvalue weighted by molar-refractivity contribution is -0.123. The number of benzene rings is 1. The van der Waals surface area contributed by atoms with Gasteiger partial charge in [0.2, 0.25) is 5.91 Å². The van der Waals surface area contributed by atoms with Crippen molar-refractivity contribution in [3.63, 3.8) is 0 Å². The number of hydrogen-bond acceptors (Lipinski definition) is 2. The first-order valence-corrected chi connectivity index (χ1v) is 7.38. The van der Waals surface area contributed by atoms with Gasteiger partial charge in [-0.05, 0) is 35.2 Å². The van der Waals surface area contributed by atoms with E-state index in [1.54, 1.807) is 12.4 Å². The molecule has 0 bridgehead atoms. The molecule has 0 saturated carbocycles. The molecule has 1 heterocycles. The first-order valence-electron chi connectivity index (χ1n) is 7.00. The molecule has 1 atom stereocenters. The van der Waals surface area contributed by atoms with E-state index in [1.165, 1.54) is 0 Å². The summed E-state index contributed by atoms with van der Waals surface area (Å²) in [4.78, 5) is 16.5. The van der Waals surface area contributed by atoms with Crippen LogP contribution in [0.1, 0.15) is 30.9 Å². The Hall–Kier alpha value is -1.87. The van der Waals surface area contributed by atoms with Gasteiger partial charge in [-0.2, -0.15) is 0 Å². The molecule has 0 aliphatic carbocycles. The molecule has 0 radical (unpaired) electrons. The standard InChI is InChI=1S/C17H19ClN2O/c1-12(2)16(14-5-7-15(18)8-6-14)17(21)20-11-13-4-3-9-19-10-13/h3-10,12,16H,11H2,1-2H3,(H,20,21)/t16-/m0/s1. The van der Waals surface area contributed by atoms with E-state index in [9.17, 15) is 4.79 Å². The molecular weight excluding hydrogens is 284 g/mol. The predicted octanol–water partition coefficient (Wildman–Crippen LogP) is 3.79. The lowest BCUT2D eigenvalue weighted by Gasteiger charge is -2.21. The number of carbonyl (C=O) groups excluding carboxylic acids is 1. The van der Waals surface area contributed by atoms with E-state index in [0.717, 1.165) is 11.1 Å². The Morgan fingerprint density at radius 3 is 2.52 bits per heavy atom. The minimum Gasteiger partial charge on any atom is -0.351 e. The van der Waals surface area contributed by atoms with E-state index in [1.807, 2.05) is 50.2 Å². The van der Waals surface area contributed by atoms with Crippen molar-refractivity contribution in [2.24, 2.45) is 5.92 Å². The third-order valence-electron chi connectivity index (χ3n) is 3.37. The zero-order valence-electron chi connectivity index (χ0n) is 12.2. The van der Waals surface area contributed by atoms with Crippen molar-refractivity contribution in [1.82, 2.24) is 10.3 Å². The van der Waals surface area contributed by atoms with E-state index in [2.05, 4.69) is 10.3 Å². The normalized spacial score (nSPS) is 12.2. The molecule has 0 fully saturated rings. The van der Waals surface area contributed by atoms with Gasteiger partial charge in [-0.1, -0.05) is 43.6 Å². The zero-order chi connectivity index (χ0) is 15.2. The van der Waals surface area contributed by atoms with Gasteiger partial charge in [0.25, 0.3) is 0 Å². The molecule has 0 aliphatic rings. The lowest BCUT2D eigenvalue weighted by atomic mass is 9.87. The SMILES string of the molecule is CC(C)[C@H](C(=O)NCc1cccnc1)c1ccc(Cl)cc1. The largest absolute Gasteiger partial charge is 0.351 e. The summed E-state index contributed by atoms with van der Waals surface area (Å²) < 4.78 is 0. The molecule has 1 aromatic heterocycles. The van der Waals surface area contributed by atoms with E-state index in [-0.39, 0.29) is 17.7 Å². The van der Waals surface area contributed by atoms with Crippen LogP contribution in [0.25, 0.3) is 0 Å². The van der Waals surface area contributed by atoms with Crippen LogP contribution in [0.15, 0.2) is 48.8 Å². The highest BCUT2D eigenvalue weighted by Gasteiger charge is 2.23. The fourth-order valence-electron chi connectivity index (χ4n) is 2.31. The Bertz CT molecular complexity index is 581. The number of rotatable bonds is 5. The van der Waals surface area contributed by atoms with Crippen LogP contribution >= 0.6 is 11.6 Å². The van der Waals surface area contributed by atoms with E-state index >= 15 is 0 Å². The number of halogens is 1. The van der Waals surface area contributed by atoms with E-state index < -0.39 is 0 Å². The van der Waals surface area contributed by atoms with Crippen molar-refractivity contribution in [3.05, 3.63) is 64.9 Å². The summed E-state index contributed by atoms with van der Waals surface area (Å²) in [7, 11) is 0. The zero-order valence-corrected chi connectivity index (χ0v) is 13.0. The van der Waals surface area contributed by atoms with Gasteiger partial charge in [-0.3, -0.25) is 9.78 Å². The summed E-state index contributed by atoms with van der Waals surface area (Å²) in [6.45, 7) is 4.58. The number of pyridine rings is 1. The molecule has 1 aromatic carbocycles. The quantitative estimate of drug-likeness (QED) is 0.913. The Balaban J connectivity index is 2.07. The molecule has 0 unspecified atom stereocenters. The van der Waals surface area contributed by atoms with Crippen LogP contribution in [0, 0.1) is 5.92 Å². The van der Waals surface area contributed by atoms with Gasteiger partial charge in [0.05, 0.1) is 5.92 Å². The van der Waals surface area contributed by atoms with Gasteiger partial charge >= 0.3 is 0 Å². The number of amides is 1. The highest BCUT2D eigenvalue weighted by Crippen LogP contribution is 2.26. The molecule has 0 spiro atoms. The monoisotopic (exact) mass is 302 g/mol. The third-order valence-corrected chi connectivity index (χ3v) is 3.62. The van der Waals surface area contributed by atoms with Gasteiger partial charge in [0.15, 0.2) is 0 Å². The highest BCUT2D eigenvalue weighted by atomic mass is 35.5. The van der Waals surface area contributed by atoms with Crippen molar-refractivity contribution < 1.29 is 4.79 Å². The Morgan fingerprint density at radius 1 is 1.24 bits per heavy atom. The molecule has 110 valence electrons. The smallest absolute Gasteiger partial charge is 0.228 e. The summed E-state index contributed by atoms with van der Waals surface area (Å²) in [6.07, 6.45) is 3.48. The maximum absolute atomic E-state index is 12.5. The van der Waals surface area contributed by atoms with Crippen LogP contribution in [-0.4, -0.2) is 10.9 Å². The molecule has 4 heteroatoms. The fraction of sp³-hybridized carbons (Fsp3) is 0.294. The second-order valence-corrected chi connectivity index (χ2v) is 5.79. The first-order chi connectivity index (χ1) is 10.1. The second kappa shape index (κ2) is 7.23. The van der Waals surface area contributed by atoms with E-state index in [0.29, 0.717) is 11.6 Å². The molecule has 21 heavy (non-hydrogen) atoms. The average Bonchev–Trinajstić information content (AvgIpc) is 2.48. The minimum atomic E-state index is -0.182. The first kappa shape index (κ1) is 15.5. The predicted molar refractivity (Wildman–Crippen MR) is 85.1 cm³/mol.